The fraction of sp³-hybridized carbons (Fsp3) is 0.786. The largest absolute Gasteiger partial charge is 0.379 e. The van der Waals surface area contributed by atoms with Gasteiger partial charge in [-0.2, -0.15) is 0 Å². The number of ether oxygens (including phenoxy) is 2. The van der Waals surface area contributed by atoms with Crippen molar-refractivity contribution in [2.45, 2.75) is 12.8 Å². The van der Waals surface area contributed by atoms with Crippen molar-refractivity contribution in [2.24, 2.45) is 0 Å². The van der Waals surface area contributed by atoms with Crippen LogP contribution < -0.4 is 5.32 Å². The first-order valence-corrected chi connectivity index (χ1v) is 7.18. The average molecular weight is 317 g/mol. The summed E-state index contributed by atoms with van der Waals surface area (Å²) in [6, 6.07) is 0. The second-order valence-corrected chi connectivity index (χ2v) is 4.94. The molecule has 0 saturated heterocycles. The van der Waals surface area contributed by atoms with Crippen molar-refractivity contribution >= 4 is 17.7 Å². The lowest BCUT2D eigenvalue weighted by Gasteiger charge is -2.19. The highest BCUT2D eigenvalue weighted by molar-refractivity contribution is 5.84. The monoisotopic (exact) mass is 317 g/mol. The van der Waals surface area contributed by atoms with Gasteiger partial charge in [0.15, 0.2) is 0 Å². The Balaban J connectivity index is 3.56. The summed E-state index contributed by atoms with van der Waals surface area (Å²) in [6.07, 6.45) is 0.537. The molecule has 0 heterocycles. The molecule has 1 N–H and O–H groups in total. The second-order valence-electron chi connectivity index (χ2n) is 4.94. The number of rotatable bonds is 11. The van der Waals surface area contributed by atoms with Gasteiger partial charge in [0.05, 0.1) is 39.4 Å². The van der Waals surface area contributed by atoms with Gasteiger partial charge >= 0.3 is 0 Å². The number of carbonyl (C=O) groups is 3. The third-order valence-corrected chi connectivity index (χ3v) is 2.88. The van der Waals surface area contributed by atoms with Crippen molar-refractivity contribution in [3.8, 4) is 0 Å². The molecule has 0 aromatic heterocycles. The van der Waals surface area contributed by atoms with Crippen LogP contribution in [0.2, 0.25) is 0 Å². The van der Waals surface area contributed by atoms with Gasteiger partial charge < -0.3 is 24.6 Å². The quantitative estimate of drug-likeness (QED) is 0.499. The lowest BCUT2D eigenvalue weighted by Crippen LogP contribution is -2.38. The highest BCUT2D eigenvalue weighted by atomic mass is 16.5. The Bertz CT molecular complexity index is 360. The zero-order chi connectivity index (χ0) is 17.0. The van der Waals surface area contributed by atoms with Gasteiger partial charge in [-0.15, -0.1) is 0 Å². The van der Waals surface area contributed by atoms with Crippen molar-refractivity contribution in [1.29, 1.82) is 0 Å². The molecule has 128 valence electrons. The van der Waals surface area contributed by atoms with E-state index >= 15 is 0 Å². The molecule has 0 aromatic rings. The van der Waals surface area contributed by atoms with Crippen molar-refractivity contribution in [3.63, 3.8) is 0 Å². The smallest absolute Gasteiger partial charge is 0.241 e. The first kappa shape index (κ1) is 20.3. The Hall–Kier alpha value is -1.67. The van der Waals surface area contributed by atoms with Crippen LogP contribution in [0.15, 0.2) is 0 Å². The predicted molar refractivity (Wildman–Crippen MR) is 81.3 cm³/mol. The van der Waals surface area contributed by atoms with Crippen molar-refractivity contribution in [1.82, 2.24) is 15.1 Å². The SMILES string of the molecule is CNC(=O)CCOCCOCCC(=O)N(C)CC(=O)N(C)C. The Morgan fingerprint density at radius 2 is 1.41 bits per heavy atom. The van der Waals surface area contributed by atoms with Gasteiger partial charge in [-0.3, -0.25) is 14.4 Å². The van der Waals surface area contributed by atoms with E-state index in [1.54, 1.807) is 28.2 Å². The van der Waals surface area contributed by atoms with Crippen LogP contribution >= 0.6 is 0 Å². The van der Waals surface area contributed by atoms with Crippen molar-refractivity contribution in [2.75, 3.05) is 61.2 Å². The van der Waals surface area contributed by atoms with Gasteiger partial charge in [0.25, 0.3) is 0 Å². The molecule has 0 aliphatic rings. The summed E-state index contributed by atoms with van der Waals surface area (Å²) in [7, 11) is 6.46. The molecular formula is C14H27N3O5. The van der Waals surface area contributed by atoms with E-state index in [4.69, 9.17) is 9.47 Å². The summed E-state index contributed by atoms with van der Waals surface area (Å²) in [4.78, 5) is 36.9. The summed E-state index contributed by atoms with van der Waals surface area (Å²) in [5, 5.41) is 2.50. The van der Waals surface area contributed by atoms with Crippen LogP contribution in [0.3, 0.4) is 0 Å². The molecule has 0 unspecified atom stereocenters. The minimum absolute atomic E-state index is 0.0639. The minimum atomic E-state index is -0.143. The Labute approximate surface area is 131 Å². The van der Waals surface area contributed by atoms with Gasteiger partial charge in [0, 0.05) is 34.6 Å². The van der Waals surface area contributed by atoms with Crippen LogP contribution in [-0.2, 0) is 23.9 Å². The first-order valence-electron chi connectivity index (χ1n) is 7.18. The van der Waals surface area contributed by atoms with Crippen LogP contribution in [-0.4, -0.2) is 88.7 Å². The Morgan fingerprint density at radius 3 is 1.91 bits per heavy atom. The maximum absolute atomic E-state index is 11.7. The molecule has 3 amide bonds. The van der Waals surface area contributed by atoms with Crippen LogP contribution in [0.4, 0.5) is 0 Å². The lowest BCUT2D eigenvalue weighted by atomic mass is 10.3. The molecule has 0 aromatic carbocycles. The normalized spacial score (nSPS) is 10.2. The molecule has 8 nitrogen and oxygen atoms in total. The Morgan fingerprint density at radius 1 is 0.864 bits per heavy atom. The van der Waals surface area contributed by atoms with Crippen molar-refractivity contribution < 1.29 is 23.9 Å². The molecule has 0 rings (SSSR count). The van der Waals surface area contributed by atoms with Crippen LogP contribution in [0, 0.1) is 0 Å². The third kappa shape index (κ3) is 10.1. The fourth-order valence-corrected chi connectivity index (χ4v) is 1.39. The number of nitrogens with one attached hydrogen (secondary N) is 1. The zero-order valence-electron chi connectivity index (χ0n) is 13.9. The summed E-state index contributed by atoms with van der Waals surface area (Å²) < 4.78 is 10.5. The van der Waals surface area contributed by atoms with Gasteiger partial charge in [-0.1, -0.05) is 0 Å². The van der Waals surface area contributed by atoms with E-state index in [0.29, 0.717) is 26.2 Å². The maximum atomic E-state index is 11.7. The predicted octanol–water partition coefficient (Wildman–Crippen LogP) is -0.908. The number of carbonyl (C=O) groups excluding carboxylic acids is 3. The molecule has 0 bridgehead atoms. The van der Waals surface area contributed by atoms with Crippen LogP contribution in [0.5, 0.6) is 0 Å². The van der Waals surface area contributed by atoms with E-state index in [-0.39, 0.29) is 37.3 Å². The van der Waals surface area contributed by atoms with E-state index in [9.17, 15) is 14.4 Å². The molecule has 0 atom stereocenters. The molecular weight excluding hydrogens is 290 g/mol. The van der Waals surface area contributed by atoms with Gasteiger partial charge in [-0.05, 0) is 0 Å². The molecule has 0 spiro atoms. The number of amides is 3. The number of hydrogen-bond acceptors (Lipinski definition) is 5. The molecule has 0 aliphatic heterocycles. The van der Waals surface area contributed by atoms with E-state index in [2.05, 4.69) is 5.32 Å². The minimum Gasteiger partial charge on any atom is -0.379 e. The zero-order valence-corrected chi connectivity index (χ0v) is 13.9. The van der Waals surface area contributed by atoms with E-state index in [1.807, 2.05) is 0 Å². The summed E-state index contributed by atoms with van der Waals surface area (Å²) in [5.74, 6) is -0.334. The summed E-state index contributed by atoms with van der Waals surface area (Å²) in [5.41, 5.74) is 0. The van der Waals surface area contributed by atoms with E-state index in [1.165, 1.54) is 9.80 Å². The number of nitrogens with zero attached hydrogens (tertiary/aromatic N) is 2. The van der Waals surface area contributed by atoms with E-state index in [0.717, 1.165) is 0 Å². The average Bonchev–Trinajstić information content (AvgIpc) is 2.48. The third-order valence-electron chi connectivity index (χ3n) is 2.88. The van der Waals surface area contributed by atoms with Crippen LogP contribution in [0.25, 0.3) is 0 Å². The van der Waals surface area contributed by atoms with Gasteiger partial charge in [-0.25, -0.2) is 0 Å². The van der Waals surface area contributed by atoms with Crippen molar-refractivity contribution in [3.05, 3.63) is 0 Å². The lowest BCUT2D eigenvalue weighted by molar-refractivity contribution is -0.138. The second kappa shape index (κ2) is 11.9. The first-order chi connectivity index (χ1) is 10.4. The Kier molecular flexibility index (Phi) is 11.0. The van der Waals surface area contributed by atoms with E-state index < -0.39 is 0 Å². The molecule has 8 heteroatoms. The maximum Gasteiger partial charge on any atom is 0.241 e. The number of likely N-dealkylation sites (N-methyl/N-ethyl adjacent to an activating group) is 2. The molecule has 0 radical (unpaired) electrons. The highest BCUT2D eigenvalue weighted by Gasteiger charge is 2.13. The standard InChI is InChI=1S/C14H27N3O5/c1-15-12(18)5-7-21-9-10-22-8-6-13(19)17(4)11-14(20)16(2)3/h5-11H2,1-4H3,(H,15,18). The molecule has 22 heavy (non-hydrogen) atoms. The van der Waals surface area contributed by atoms with Gasteiger partial charge in [0.2, 0.25) is 17.7 Å². The summed E-state index contributed by atoms with van der Waals surface area (Å²) in [6.45, 7) is 1.42. The number of hydrogen-bond donors (Lipinski definition) is 1. The molecule has 0 fully saturated rings. The van der Waals surface area contributed by atoms with Crippen LogP contribution in [0.1, 0.15) is 12.8 Å². The summed E-state index contributed by atoms with van der Waals surface area (Å²) >= 11 is 0. The molecule has 0 saturated carbocycles. The topological polar surface area (TPSA) is 88.2 Å². The highest BCUT2D eigenvalue weighted by Crippen LogP contribution is 1.94. The van der Waals surface area contributed by atoms with Gasteiger partial charge in [0.1, 0.15) is 0 Å². The fourth-order valence-electron chi connectivity index (χ4n) is 1.39. The molecule has 0 aliphatic carbocycles.